The first-order valence-corrected chi connectivity index (χ1v) is 6.87. The molecule has 0 heterocycles. The number of carbonyl (C=O) groups is 3. The van der Waals surface area contributed by atoms with E-state index in [-0.39, 0.29) is 11.9 Å². The lowest BCUT2D eigenvalue weighted by atomic mass is 10.0. The Balaban J connectivity index is 0.000000470. The molecule has 0 saturated heterocycles. The number of primary amides is 1. The lowest BCUT2D eigenvalue weighted by Crippen LogP contribution is -2.39. The number of carbonyl (C=O) groups excluding carboxylic acids is 1. The molecule has 0 fully saturated rings. The van der Waals surface area contributed by atoms with E-state index < -0.39 is 24.1 Å². The SMILES string of the molecule is CC(c1ccccc1C(N)=O)N(C)C.O=C(O)C(O)C(O)C(=O)O. The van der Waals surface area contributed by atoms with Crippen LogP contribution in [0.4, 0.5) is 0 Å². The third-order valence-electron chi connectivity index (χ3n) is 3.26. The van der Waals surface area contributed by atoms with Crippen molar-refractivity contribution in [1.82, 2.24) is 4.90 Å². The molecule has 6 N–H and O–H groups in total. The number of hydrogen-bond acceptors (Lipinski definition) is 6. The fraction of sp³-hybridized carbons (Fsp3) is 0.400. The van der Waals surface area contributed by atoms with Crippen LogP contribution in [0.15, 0.2) is 24.3 Å². The van der Waals surface area contributed by atoms with Gasteiger partial charge in [-0.15, -0.1) is 0 Å². The third kappa shape index (κ3) is 6.32. The Morgan fingerprint density at radius 2 is 1.42 bits per heavy atom. The lowest BCUT2D eigenvalue weighted by molar-refractivity contribution is -0.165. The van der Waals surface area contributed by atoms with Gasteiger partial charge in [0.2, 0.25) is 5.91 Å². The van der Waals surface area contributed by atoms with E-state index in [1.165, 1.54) is 0 Å². The molecule has 134 valence electrons. The van der Waals surface area contributed by atoms with E-state index in [4.69, 9.17) is 26.2 Å². The van der Waals surface area contributed by atoms with Crippen LogP contribution in [0.5, 0.6) is 0 Å². The standard InChI is InChI=1S/C11H16N2O.C4H6O6/c1-8(13(2)3)9-6-4-5-7-10(9)11(12)14;5-1(3(7)8)2(6)4(9)10/h4-8H,1-3H3,(H2,12,14);1-2,5-6H,(H,7,8)(H,9,10). The number of nitrogens with zero attached hydrogens (tertiary/aromatic N) is 1. The lowest BCUT2D eigenvalue weighted by Gasteiger charge is -2.21. The average Bonchev–Trinajstić information content (AvgIpc) is 2.52. The molecule has 0 aliphatic carbocycles. The summed E-state index contributed by atoms with van der Waals surface area (Å²) in [5.74, 6) is -3.90. The van der Waals surface area contributed by atoms with Gasteiger partial charge in [-0.05, 0) is 32.6 Å². The minimum absolute atomic E-state index is 0.193. The van der Waals surface area contributed by atoms with Crippen molar-refractivity contribution in [3.8, 4) is 0 Å². The minimum atomic E-state index is -2.27. The predicted molar refractivity (Wildman–Crippen MR) is 84.3 cm³/mol. The second-order valence-corrected chi connectivity index (χ2v) is 5.16. The first-order valence-electron chi connectivity index (χ1n) is 6.87. The smallest absolute Gasteiger partial charge is 0.335 e. The number of amides is 1. The monoisotopic (exact) mass is 342 g/mol. The van der Waals surface area contributed by atoms with Crippen LogP contribution in [0.3, 0.4) is 0 Å². The highest BCUT2D eigenvalue weighted by Gasteiger charge is 2.29. The Labute approximate surface area is 138 Å². The molecule has 0 aliphatic heterocycles. The quantitative estimate of drug-likeness (QED) is 0.453. The summed E-state index contributed by atoms with van der Waals surface area (Å²) < 4.78 is 0. The fourth-order valence-corrected chi connectivity index (χ4v) is 1.63. The van der Waals surface area contributed by atoms with E-state index in [0.29, 0.717) is 5.56 Å². The molecule has 1 aromatic carbocycles. The number of rotatable bonds is 6. The Bertz CT molecular complexity index is 571. The highest BCUT2D eigenvalue weighted by atomic mass is 16.4. The molecular formula is C15H22N2O7. The molecule has 1 amide bonds. The number of benzene rings is 1. The van der Waals surface area contributed by atoms with E-state index in [2.05, 4.69) is 0 Å². The summed E-state index contributed by atoms with van der Waals surface area (Å²) in [6.07, 6.45) is -4.53. The molecule has 3 atom stereocenters. The number of aliphatic hydroxyl groups is 2. The van der Waals surface area contributed by atoms with Gasteiger partial charge in [0, 0.05) is 11.6 Å². The van der Waals surface area contributed by atoms with Crippen LogP contribution in [0.25, 0.3) is 0 Å². The normalized spacial score (nSPS) is 14.1. The van der Waals surface area contributed by atoms with Crippen LogP contribution >= 0.6 is 0 Å². The maximum absolute atomic E-state index is 11.2. The second-order valence-electron chi connectivity index (χ2n) is 5.16. The molecule has 0 aromatic heterocycles. The number of aliphatic hydroxyl groups excluding tert-OH is 2. The van der Waals surface area contributed by atoms with Crippen LogP contribution in [0.1, 0.15) is 28.9 Å². The number of nitrogens with two attached hydrogens (primary N) is 1. The summed E-state index contributed by atoms with van der Waals surface area (Å²) in [6.45, 7) is 2.04. The number of carboxylic acids is 2. The van der Waals surface area contributed by atoms with Gasteiger partial charge in [-0.3, -0.25) is 4.79 Å². The van der Waals surface area contributed by atoms with Crippen LogP contribution in [0.2, 0.25) is 0 Å². The van der Waals surface area contributed by atoms with Gasteiger partial charge in [0.25, 0.3) is 0 Å². The first-order chi connectivity index (χ1) is 11.0. The van der Waals surface area contributed by atoms with Gasteiger partial charge < -0.3 is 31.1 Å². The molecule has 0 aliphatic rings. The highest BCUT2D eigenvalue weighted by molar-refractivity contribution is 5.94. The third-order valence-corrected chi connectivity index (χ3v) is 3.26. The zero-order chi connectivity index (χ0) is 19.0. The van der Waals surface area contributed by atoms with Crippen molar-refractivity contribution < 1.29 is 34.8 Å². The summed E-state index contributed by atoms with van der Waals surface area (Å²) in [4.78, 5) is 32.7. The molecule has 9 nitrogen and oxygen atoms in total. The molecule has 0 radical (unpaired) electrons. The van der Waals surface area contributed by atoms with Gasteiger partial charge in [-0.2, -0.15) is 0 Å². The second kappa shape index (κ2) is 9.60. The summed E-state index contributed by atoms with van der Waals surface area (Å²) >= 11 is 0. The first kappa shape index (κ1) is 21.5. The Morgan fingerprint density at radius 3 is 1.75 bits per heavy atom. The van der Waals surface area contributed by atoms with Crippen molar-refractivity contribution in [3.63, 3.8) is 0 Å². The molecule has 9 heteroatoms. The topological polar surface area (TPSA) is 161 Å². The maximum Gasteiger partial charge on any atom is 0.335 e. The summed E-state index contributed by atoms with van der Waals surface area (Å²) in [5, 5.41) is 32.5. The molecule has 0 spiro atoms. The average molecular weight is 342 g/mol. The van der Waals surface area contributed by atoms with Gasteiger partial charge in [-0.25, -0.2) is 9.59 Å². The minimum Gasteiger partial charge on any atom is -0.479 e. The zero-order valence-corrected chi connectivity index (χ0v) is 13.6. The van der Waals surface area contributed by atoms with E-state index in [1.54, 1.807) is 6.07 Å². The van der Waals surface area contributed by atoms with Gasteiger partial charge in [0.1, 0.15) is 0 Å². The Morgan fingerprint density at radius 1 is 1.00 bits per heavy atom. The largest absolute Gasteiger partial charge is 0.479 e. The number of carboxylic acid groups (broad SMARTS) is 2. The highest BCUT2D eigenvalue weighted by Crippen LogP contribution is 2.20. The summed E-state index contributed by atoms with van der Waals surface area (Å²) in [5.41, 5.74) is 6.88. The molecule has 1 rings (SSSR count). The molecule has 0 bridgehead atoms. The molecule has 24 heavy (non-hydrogen) atoms. The van der Waals surface area contributed by atoms with E-state index in [9.17, 15) is 14.4 Å². The molecular weight excluding hydrogens is 320 g/mol. The van der Waals surface area contributed by atoms with E-state index in [1.807, 2.05) is 44.1 Å². The van der Waals surface area contributed by atoms with Crippen LogP contribution in [-0.4, -0.2) is 69.5 Å². The predicted octanol–water partition coefficient (Wildman–Crippen LogP) is -0.714. The van der Waals surface area contributed by atoms with Crippen molar-refractivity contribution in [2.24, 2.45) is 5.73 Å². The van der Waals surface area contributed by atoms with Gasteiger partial charge in [0.05, 0.1) is 0 Å². The van der Waals surface area contributed by atoms with E-state index >= 15 is 0 Å². The Hall–Kier alpha value is -2.49. The van der Waals surface area contributed by atoms with Crippen molar-refractivity contribution in [1.29, 1.82) is 0 Å². The summed E-state index contributed by atoms with van der Waals surface area (Å²) in [7, 11) is 3.95. The molecule has 0 saturated carbocycles. The van der Waals surface area contributed by atoms with Gasteiger partial charge >= 0.3 is 11.9 Å². The molecule has 3 unspecified atom stereocenters. The van der Waals surface area contributed by atoms with Crippen molar-refractivity contribution in [2.75, 3.05) is 14.1 Å². The van der Waals surface area contributed by atoms with Crippen molar-refractivity contribution >= 4 is 17.8 Å². The van der Waals surface area contributed by atoms with Gasteiger partial charge in [0.15, 0.2) is 12.2 Å². The maximum atomic E-state index is 11.2. The van der Waals surface area contributed by atoms with Crippen LogP contribution in [-0.2, 0) is 9.59 Å². The number of aliphatic carboxylic acids is 2. The van der Waals surface area contributed by atoms with E-state index in [0.717, 1.165) is 5.56 Å². The fourth-order valence-electron chi connectivity index (χ4n) is 1.63. The zero-order valence-electron chi connectivity index (χ0n) is 13.6. The van der Waals surface area contributed by atoms with Gasteiger partial charge in [-0.1, -0.05) is 18.2 Å². The van der Waals surface area contributed by atoms with Crippen molar-refractivity contribution in [3.05, 3.63) is 35.4 Å². The van der Waals surface area contributed by atoms with Crippen LogP contribution in [0, 0.1) is 0 Å². The van der Waals surface area contributed by atoms with Crippen molar-refractivity contribution in [2.45, 2.75) is 25.2 Å². The number of hydrogen-bond donors (Lipinski definition) is 5. The summed E-state index contributed by atoms with van der Waals surface area (Å²) in [6, 6.07) is 7.63. The Kier molecular flexibility index (Phi) is 8.61. The molecule has 1 aromatic rings. The van der Waals surface area contributed by atoms with Crippen LogP contribution < -0.4 is 5.73 Å².